The predicted octanol–water partition coefficient (Wildman–Crippen LogP) is 1.42. The summed E-state index contributed by atoms with van der Waals surface area (Å²) in [5.41, 5.74) is -0.535. The minimum absolute atomic E-state index is 0.179. The van der Waals surface area contributed by atoms with Crippen molar-refractivity contribution < 1.29 is 19.1 Å². The second-order valence-electron chi connectivity index (χ2n) is 3.95. The average molecular weight is 231 g/mol. The van der Waals surface area contributed by atoms with Gasteiger partial charge >= 0.3 is 12.2 Å². The number of nitrogens with one attached hydrogen (secondary N) is 2. The molecule has 0 aromatic heterocycles. The normalized spacial score (nSPS) is 10.5. The summed E-state index contributed by atoms with van der Waals surface area (Å²) in [5.74, 6) is 0. The summed E-state index contributed by atoms with van der Waals surface area (Å²) in [6.45, 7) is 8.88. The number of rotatable bonds is 4. The zero-order valence-electron chi connectivity index (χ0n) is 10.1. The summed E-state index contributed by atoms with van der Waals surface area (Å²) >= 11 is 0. The van der Waals surface area contributed by atoms with Crippen LogP contribution in [-0.4, -0.2) is 30.9 Å². The fourth-order valence-corrected chi connectivity index (χ4v) is 0.758. The highest BCUT2D eigenvalue weighted by Crippen LogP contribution is 2.06. The summed E-state index contributed by atoms with van der Waals surface area (Å²) in [6, 6.07) is 0. The maximum Gasteiger partial charge on any atom is 0.408 e. The number of hydrogen-bond acceptors (Lipinski definition) is 4. The monoisotopic (exact) mass is 231 g/mol. The molecular weight excluding hydrogens is 212 g/mol. The Morgan fingerprint density at radius 2 is 1.88 bits per heavy atom. The zero-order chi connectivity index (χ0) is 12.6. The molecule has 1 radical (unpaired) electrons. The molecule has 0 atom stereocenters. The molecule has 6 heteroatoms. The molecule has 6 nitrogen and oxygen atoms in total. The highest BCUT2D eigenvalue weighted by Gasteiger charge is 2.15. The lowest BCUT2D eigenvalue weighted by Gasteiger charge is -2.19. The van der Waals surface area contributed by atoms with Crippen molar-refractivity contribution in [1.29, 1.82) is 0 Å². The molecule has 2 N–H and O–H groups in total. The molecule has 0 bridgehead atoms. The fourth-order valence-electron chi connectivity index (χ4n) is 0.758. The van der Waals surface area contributed by atoms with Crippen molar-refractivity contribution in [3.63, 3.8) is 0 Å². The van der Waals surface area contributed by atoms with E-state index >= 15 is 0 Å². The number of hydrogen-bond donors (Lipinski definition) is 2. The minimum Gasteiger partial charge on any atom is -0.450 e. The van der Waals surface area contributed by atoms with Gasteiger partial charge in [-0.15, -0.1) is 0 Å². The third-order valence-corrected chi connectivity index (χ3v) is 1.24. The van der Waals surface area contributed by atoms with Crippen LogP contribution < -0.4 is 10.6 Å². The summed E-state index contributed by atoms with van der Waals surface area (Å²) in [7, 11) is 0. The zero-order valence-corrected chi connectivity index (χ0v) is 10.1. The summed E-state index contributed by atoms with van der Waals surface area (Å²) in [5, 5.41) is 4.80. The molecule has 2 amide bonds. The first-order chi connectivity index (χ1) is 7.35. The van der Waals surface area contributed by atoms with Crippen LogP contribution in [0.15, 0.2) is 0 Å². The lowest BCUT2D eigenvalue weighted by Crippen LogP contribution is -2.35. The van der Waals surface area contributed by atoms with E-state index in [4.69, 9.17) is 4.74 Å². The maximum atomic E-state index is 11.1. The molecule has 0 saturated heterocycles. The summed E-state index contributed by atoms with van der Waals surface area (Å²) < 4.78 is 9.58. The Balaban J connectivity index is 3.52. The van der Waals surface area contributed by atoms with Crippen molar-refractivity contribution in [3.05, 3.63) is 6.54 Å². The first kappa shape index (κ1) is 14.5. The second kappa shape index (κ2) is 6.92. The van der Waals surface area contributed by atoms with Gasteiger partial charge in [-0.3, -0.25) is 0 Å². The van der Waals surface area contributed by atoms with Gasteiger partial charge in [-0.05, 0) is 27.7 Å². The van der Waals surface area contributed by atoms with Gasteiger partial charge in [0.05, 0.1) is 13.2 Å². The van der Waals surface area contributed by atoms with Gasteiger partial charge in [-0.2, -0.15) is 0 Å². The van der Waals surface area contributed by atoms with E-state index in [9.17, 15) is 9.59 Å². The van der Waals surface area contributed by atoms with Gasteiger partial charge in [0.2, 0.25) is 0 Å². The third kappa shape index (κ3) is 9.11. The molecule has 0 saturated carbocycles. The molecule has 0 rings (SSSR count). The second-order valence-corrected chi connectivity index (χ2v) is 3.95. The van der Waals surface area contributed by atoms with E-state index in [0.29, 0.717) is 6.61 Å². The highest BCUT2D eigenvalue weighted by molar-refractivity contribution is 5.69. The van der Waals surface area contributed by atoms with Crippen LogP contribution in [0.1, 0.15) is 27.7 Å². The van der Waals surface area contributed by atoms with E-state index in [1.165, 1.54) is 6.54 Å². The van der Waals surface area contributed by atoms with Crippen LogP contribution in [0.25, 0.3) is 0 Å². The van der Waals surface area contributed by atoms with Gasteiger partial charge in [-0.25, -0.2) is 9.59 Å². The largest absolute Gasteiger partial charge is 0.450 e. The van der Waals surface area contributed by atoms with Crippen LogP contribution in [0.2, 0.25) is 0 Å². The van der Waals surface area contributed by atoms with Gasteiger partial charge in [-0.1, -0.05) is 0 Å². The quantitative estimate of drug-likeness (QED) is 0.717. The van der Waals surface area contributed by atoms with Crippen LogP contribution in [0, 0.1) is 6.54 Å². The van der Waals surface area contributed by atoms with Gasteiger partial charge in [0.1, 0.15) is 5.60 Å². The van der Waals surface area contributed by atoms with Crippen molar-refractivity contribution in [2.75, 3.05) is 13.2 Å². The van der Waals surface area contributed by atoms with Crippen molar-refractivity contribution in [2.45, 2.75) is 33.3 Å². The lowest BCUT2D eigenvalue weighted by molar-refractivity contribution is 0.0541. The molecule has 0 aliphatic carbocycles. The first-order valence-corrected chi connectivity index (χ1v) is 5.07. The molecule has 0 unspecified atom stereocenters. The molecule has 0 fully saturated rings. The molecule has 0 aromatic rings. The number of amides is 2. The fraction of sp³-hybridized carbons (Fsp3) is 0.700. The van der Waals surface area contributed by atoms with Crippen LogP contribution >= 0.6 is 0 Å². The topological polar surface area (TPSA) is 76.7 Å². The smallest absolute Gasteiger partial charge is 0.408 e. The Bertz CT molecular complexity index is 235. The highest BCUT2D eigenvalue weighted by atomic mass is 16.6. The van der Waals surface area contributed by atoms with E-state index < -0.39 is 17.8 Å². The maximum absolute atomic E-state index is 11.1. The predicted molar refractivity (Wildman–Crippen MR) is 58.7 cm³/mol. The van der Waals surface area contributed by atoms with E-state index in [-0.39, 0.29) is 6.54 Å². The average Bonchev–Trinajstić information content (AvgIpc) is 2.10. The molecule has 0 aliphatic heterocycles. The summed E-state index contributed by atoms with van der Waals surface area (Å²) in [4.78, 5) is 21.9. The van der Waals surface area contributed by atoms with Crippen LogP contribution in [0.5, 0.6) is 0 Å². The van der Waals surface area contributed by atoms with Gasteiger partial charge < -0.3 is 20.1 Å². The van der Waals surface area contributed by atoms with E-state index in [0.717, 1.165) is 0 Å². The van der Waals surface area contributed by atoms with Gasteiger partial charge in [0.15, 0.2) is 0 Å². The SMILES string of the molecule is CCOC(=O)NC[CH]NC(=O)OC(C)(C)C. The number of carbonyl (C=O) groups excluding carboxylic acids is 2. The van der Waals surface area contributed by atoms with E-state index in [1.54, 1.807) is 27.7 Å². The Kier molecular flexibility index (Phi) is 6.29. The molecule has 0 spiro atoms. The Hall–Kier alpha value is -1.46. The first-order valence-electron chi connectivity index (χ1n) is 5.07. The molecule has 16 heavy (non-hydrogen) atoms. The van der Waals surface area contributed by atoms with Gasteiger partial charge in [0, 0.05) is 6.54 Å². The van der Waals surface area contributed by atoms with Crippen molar-refractivity contribution in [1.82, 2.24) is 10.6 Å². The number of carbonyl (C=O) groups is 2. The van der Waals surface area contributed by atoms with Crippen LogP contribution in [-0.2, 0) is 9.47 Å². The number of alkyl carbamates (subject to hydrolysis) is 2. The molecule has 0 aliphatic rings. The van der Waals surface area contributed by atoms with E-state index in [1.807, 2.05) is 0 Å². The molecule has 93 valence electrons. The number of ether oxygens (including phenoxy) is 2. The Morgan fingerprint density at radius 1 is 1.25 bits per heavy atom. The van der Waals surface area contributed by atoms with Crippen LogP contribution in [0.4, 0.5) is 9.59 Å². The minimum atomic E-state index is -0.557. The standard InChI is InChI=1S/C10H19N2O4/c1-5-15-8(13)11-6-7-12-9(14)16-10(2,3)4/h7H,5-6H2,1-4H3,(H,11,13)(H,12,14). The molecular formula is C10H19N2O4. The van der Waals surface area contributed by atoms with Crippen molar-refractivity contribution >= 4 is 12.2 Å². The van der Waals surface area contributed by atoms with E-state index in [2.05, 4.69) is 15.4 Å². The Labute approximate surface area is 95.7 Å². The van der Waals surface area contributed by atoms with Crippen molar-refractivity contribution in [2.24, 2.45) is 0 Å². The lowest BCUT2D eigenvalue weighted by atomic mass is 10.2. The van der Waals surface area contributed by atoms with Crippen molar-refractivity contribution in [3.8, 4) is 0 Å². The molecule has 0 heterocycles. The van der Waals surface area contributed by atoms with Gasteiger partial charge in [0.25, 0.3) is 0 Å². The Morgan fingerprint density at radius 3 is 2.38 bits per heavy atom. The van der Waals surface area contributed by atoms with Crippen LogP contribution in [0.3, 0.4) is 0 Å². The summed E-state index contributed by atoms with van der Waals surface area (Å²) in [6.07, 6.45) is -1.08. The third-order valence-electron chi connectivity index (χ3n) is 1.24. The molecule has 0 aromatic carbocycles.